The molecule has 4 rings (SSSR count). The number of hydrogen-bond acceptors (Lipinski definition) is 4. The molecule has 0 aromatic carbocycles. The highest BCUT2D eigenvalue weighted by atomic mass is 79.9. The highest BCUT2D eigenvalue weighted by molar-refractivity contribution is 9.10. The van der Waals surface area contributed by atoms with E-state index in [1.54, 1.807) is 0 Å². The molecule has 0 bridgehead atoms. The molecule has 6 heteroatoms. The molecule has 0 radical (unpaired) electrons. The zero-order valence-corrected chi connectivity index (χ0v) is 13.5. The summed E-state index contributed by atoms with van der Waals surface area (Å²) in [5.74, 6) is 1.70. The number of rotatable bonds is 3. The molecule has 0 saturated carbocycles. The lowest BCUT2D eigenvalue weighted by Gasteiger charge is -2.40. The fraction of sp³-hybridized carbons (Fsp3) is 0.533. The lowest BCUT2D eigenvalue weighted by Crippen LogP contribution is -2.49. The van der Waals surface area contributed by atoms with Crippen LogP contribution in [0.5, 0.6) is 0 Å². The van der Waals surface area contributed by atoms with Crippen LogP contribution in [-0.4, -0.2) is 33.1 Å². The average molecular weight is 348 g/mol. The smallest absolute Gasteiger partial charge is 0.151 e. The van der Waals surface area contributed by atoms with Crippen molar-refractivity contribution in [1.29, 1.82) is 0 Å². The second kappa shape index (κ2) is 5.40. The standard InChI is InChI=1S/C15H18BrN5/c16-13-6-17-21(10-13)9-11-7-20(8-11)15-5-12-3-1-2-4-14(12)18-19-15/h5-6,10-11H,1-4,7-9H2. The van der Waals surface area contributed by atoms with Crippen LogP contribution >= 0.6 is 15.9 Å². The third-order valence-corrected chi connectivity index (χ3v) is 4.79. The van der Waals surface area contributed by atoms with E-state index in [0.717, 1.165) is 42.8 Å². The summed E-state index contributed by atoms with van der Waals surface area (Å²) in [4.78, 5) is 2.32. The van der Waals surface area contributed by atoms with Gasteiger partial charge in [0.25, 0.3) is 0 Å². The van der Waals surface area contributed by atoms with Crippen molar-refractivity contribution in [3.63, 3.8) is 0 Å². The number of fused-ring (bicyclic) bond motifs is 1. The van der Waals surface area contributed by atoms with Gasteiger partial charge in [0.15, 0.2) is 5.82 Å². The fourth-order valence-corrected chi connectivity index (χ4v) is 3.54. The van der Waals surface area contributed by atoms with Crippen LogP contribution in [0.15, 0.2) is 22.9 Å². The molecule has 1 aliphatic heterocycles. The third kappa shape index (κ3) is 2.69. The maximum Gasteiger partial charge on any atom is 0.151 e. The summed E-state index contributed by atoms with van der Waals surface area (Å²) in [6.45, 7) is 3.07. The Bertz CT molecular complexity index is 647. The van der Waals surface area contributed by atoms with Gasteiger partial charge in [-0.3, -0.25) is 4.68 Å². The molecule has 1 fully saturated rings. The number of anilines is 1. The van der Waals surface area contributed by atoms with E-state index in [4.69, 9.17) is 0 Å². The van der Waals surface area contributed by atoms with Crippen LogP contribution < -0.4 is 4.90 Å². The van der Waals surface area contributed by atoms with Gasteiger partial charge in [0, 0.05) is 31.7 Å². The Morgan fingerprint density at radius 1 is 1.19 bits per heavy atom. The number of hydrogen-bond donors (Lipinski definition) is 0. The average Bonchev–Trinajstić information content (AvgIpc) is 2.87. The first-order valence-electron chi connectivity index (χ1n) is 7.56. The summed E-state index contributed by atoms with van der Waals surface area (Å²) < 4.78 is 3.05. The zero-order valence-electron chi connectivity index (χ0n) is 11.9. The van der Waals surface area contributed by atoms with Gasteiger partial charge in [0.1, 0.15) is 0 Å². The maximum atomic E-state index is 4.42. The fourth-order valence-electron chi connectivity index (χ4n) is 3.21. The molecule has 0 amide bonds. The summed E-state index contributed by atoms with van der Waals surface area (Å²) in [6.07, 6.45) is 8.67. The SMILES string of the molecule is Brc1cnn(CC2CN(c3cc4c(nn3)CCCC4)C2)c1. The molecule has 0 spiro atoms. The zero-order chi connectivity index (χ0) is 14.2. The van der Waals surface area contributed by atoms with E-state index in [-0.39, 0.29) is 0 Å². The van der Waals surface area contributed by atoms with E-state index in [0.29, 0.717) is 5.92 Å². The van der Waals surface area contributed by atoms with Gasteiger partial charge in [-0.05, 0) is 53.2 Å². The summed E-state index contributed by atoms with van der Waals surface area (Å²) in [5.41, 5.74) is 2.62. The van der Waals surface area contributed by atoms with Crippen LogP contribution in [0.2, 0.25) is 0 Å². The highest BCUT2D eigenvalue weighted by Gasteiger charge is 2.29. The van der Waals surface area contributed by atoms with Crippen LogP contribution in [0.3, 0.4) is 0 Å². The predicted octanol–water partition coefficient (Wildman–Crippen LogP) is 2.45. The van der Waals surface area contributed by atoms with Gasteiger partial charge < -0.3 is 4.90 Å². The van der Waals surface area contributed by atoms with Gasteiger partial charge >= 0.3 is 0 Å². The van der Waals surface area contributed by atoms with Crippen LogP contribution in [-0.2, 0) is 19.4 Å². The summed E-state index contributed by atoms with van der Waals surface area (Å²) in [5, 5.41) is 13.1. The molecule has 3 heterocycles. The molecule has 21 heavy (non-hydrogen) atoms. The second-order valence-electron chi connectivity index (χ2n) is 6.03. The van der Waals surface area contributed by atoms with Crippen molar-refractivity contribution in [2.75, 3.05) is 18.0 Å². The van der Waals surface area contributed by atoms with Crippen molar-refractivity contribution in [2.24, 2.45) is 5.92 Å². The van der Waals surface area contributed by atoms with Crippen molar-refractivity contribution >= 4 is 21.7 Å². The highest BCUT2D eigenvalue weighted by Crippen LogP contribution is 2.27. The Balaban J connectivity index is 1.39. The van der Waals surface area contributed by atoms with E-state index in [9.17, 15) is 0 Å². The largest absolute Gasteiger partial charge is 0.354 e. The number of nitrogens with zero attached hydrogens (tertiary/aromatic N) is 5. The molecular formula is C15H18BrN5. The van der Waals surface area contributed by atoms with E-state index in [1.165, 1.54) is 24.1 Å². The first-order valence-corrected chi connectivity index (χ1v) is 8.35. The van der Waals surface area contributed by atoms with Crippen LogP contribution in [0.1, 0.15) is 24.1 Å². The first-order chi connectivity index (χ1) is 10.3. The van der Waals surface area contributed by atoms with Gasteiger partial charge in [-0.25, -0.2) is 0 Å². The Morgan fingerprint density at radius 2 is 2.05 bits per heavy atom. The lowest BCUT2D eigenvalue weighted by atomic mass is 9.95. The molecule has 2 aromatic rings. The number of halogens is 1. The van der Waals surface area contributed by atoms with E-state index in [1.807, 2.05) is 17.1 Å². The van der Waals surface area contributed by atoms with E-state index < -0.39 is 0 Å². The molecule has 1 aliphatic carbocycles. The Kier molecular flexibility index (Phi) is 3.41. The Morgan fingerprint density at radius 3 is 2.86 bits per heavy atom. The molecule has 110 valence electrons. The van der Waals surface area contributed by atoms with Crippen molar-refractivity contribution < 1.29 is 0 Å². The van der Waals surface area contributed by atoms with Crippen LogP contribution in [0.4, 0.5) is 5.82 Å². The monoisotopic (exact) mass is 347 g/mol. The normalized spacial score (nSPS) is 18.4. The Hall–Kier alpha value is -1.43. The first kappa shape index (κ1) is 13.2. The molecule has 1 saturated heterocycles. The molecular weight excluding hydrogens is 330 g/mol. The summed E-state index contributed by atoms with van der Waals surface area (Å²) in [7, 11) is 0. The molecule has 2 aromatic heterocycles. The molecule has 0 unspecified atom stereocenters. The Labute approximate surface area is 132 Å². The minimum Gasteiger partial charge on any atom is -0.354 e. The quantitative estimate of drug-likeness (QED) is 0.855. The van der Waals surface area contributed by atoms with Crippen molar-refractivity contribution in [3.8, 4) is 0 Å². The van der Waals surface area contributed by atoms with Gasteiger partial charge in [-0.15, -0.1) is 5.10 Å². The molecule has 2 aliphatic rings. The summed E-state index contributed by atoms with van der Waals surface area (Å²) in [6, 6.07) is 2.25. The van der Waals surface area contributed by atoms with Crippen molar-refractivity contribution in [2.45, 2.75) is 32.2 Å². The van der Waals surface area contributed by atoms with Gasteiger partial charge in [-0.2, -0.15) is 10.2 Å². The molecule has 5 nitrogen and oxygen atoms in total. The van der Waals surface area contributed by atoms with E-state index in [2.05, 4.69) is 42.2 Å². The lowest BCUT2D eigenvalue weighted by molar-refractivity contribution is 0.339. The van der Waals surface area contributed by atoms with Gasteiger partial charge in [0.2, 0.25) is 0 Å². The maximum absolute atomic E-state index is 4.42. The van der Waals surface area contributed by atoms with Gasteiger partial charge in [0.05, 0.1) is 16.4 Å². The summed E-state index contributed by atoms with van der Waals surface area (Å²) >= 11 is 3.43. The van der Waals surface area contributed by atoms with Crippen LogP contribution in [0.25, 0.3) is 0 Å². The van der Waals surface area contributed by atoms with Gasteiger partial charge in [-0.1, -0.05) is 0 Å². The second-order valence-corrected chi connectivity index (χ2v) is 6.95. The topological polar surface area (TPSA) is 46.8 Å². The molecule has 0 atom stereocenters. The predicted molar refractivity (Wildman–Crippen MR) is 84.3 cm³/mol. The third-order valence-electron chi connectivity index (χ3n) is 4.39. The van der Waals surface area contributed by atoms with Crippen molar-refractivity contribution in [1.82, 2.24) is 20.0 Å². The van der Waals surface area contributed by atoms with Crippen molar-refractivity contribution in [3.05, 3.63) is 34.2 Å². The number of aryl methyl sites for hydroxylation is 2. The number of aromatic nitrogens is 4. The minimum atomic E-state index is 0.648. The molecule has 0 N–H and O–H groups in total. The van der Waals surface area contributed by atoms with Crippen LogP contribution in [0, 0.1) is 5.92 Å². The minimum absolute atomic E-state index is 0.648. The van der Waals surface area contributed by atoms with E-state index >= 15 is 0 Å².